The summed E-state index contributed by atoms with van der Waals surface area (Å²) < 4.78 is 5.34. The molecule has 0 bridgehead atoms. The highest BCUT2D eigenvalue weighted by molar-refractivity contribution is 5.54. The Morgan fingerprint density at radius 3 is 3.10 bits per heavy atom. The summed E-state index contributed by atoms with van der Waals surface area (Å²) in [5.74, 6) is 1.42. The summed E-state index contributed by atoms with van der Waals surface area (Å²) >= 11 is 0. The van der Waals surface area contributed by atoms with Crippen LogP contribution in [0.1, 0.15) is 30.7 Å². The van der Waals surface area contributed by atoms with Gasteiger partial charge in [0, 0.05) is 38.3 Å². The Morgan fingerprint density at radius 1 is 1.30 bits per heavy atom. The van der Waals surface area contributed by atoms with Crippen molar-refractivity contribution in [2.75, 3.05) is 45.2 Å². The van der Waals surface area contributed by atoms with Gasteiger partial charge in [0.15, 0.2) is 0 Å². The lowest BCUT2D eigenvalue weighted by molar-refractivity contribution is 0.0871. The zero-order valence-corrected chi connectivity index (χ0v) is 12.5. The maximum Gasteiger partial charge on any atom is 0.0502 e. The van der Waals surface area contributed by atoms with Crippen molar-refractivity contribution in [2.45, 2.75) is 25.2 Å². The smallest absolute Gasteiger partial charge is 0.0502 e. The minimum absolute atomic E-state index is 0.689. The second-order valence-corrected chi connectivity index (χ2v) is 6.22. The lowest BCUT2D eigenvalue weighted by atomic mass is 9.89. The van der Waals surface area contributed by atoms with Crippen molar-refractivity contribution in [3.63, 3.8) is 0 Å². The summed E-state index contributed by atoms with van der Waals surface area (Å²) in [4.78, 5) is 2.65. The van der Waals surface area contributed by atoms with Crippen molar-refractivity contribution in [1.29, 1.82) is 0 Å². The van der Waals surface area contributed by atoms with E-state index >= 15 is 0 Å². The van der Waals surface area contributed by atoms with E-state index in [1.807, 2.05) is 7.11 Å². The number of rotatable bonds is 4. The number of anilines is 1. The molecule has 1 saturated heterocycles. The van der Waals surface area contributed by atoms with Crippen LogP contribution in [-0.2, 0) is 4.74 Å². The first kappa shape index (κ1) is 13.9. The monoisotopic (exact) mass is 274 g/mol. The molecule has 0 spiro atoms. The molecule has 1 N–H and O–H groups in total. The van der Waals surface area contributed by atoms with Gasteiger partial charge in [-0.3, -0.25) is 0 Å². The van der Waals surface area contributed by atoms with E-state index in [1.54, 1.807) is 0 Å². The molecule has 1 aromatic rings. The SMILES string of the molecule is COCC1CCCN(CC2CCNc3ccccc32)C1. The molecule has 2 atom stereocenters. The molecule has 0 aromatic heterocycles. The number of hydrogen-bond acceptors (Lipinski definition) is 3. The first-order valence-corrected chi connectivity index (χ1v) is 7.91. The summed E-state index contributed by atoms with van der Waals surface area (Å²) in [6.07, 6.45) is 3.90. The molecule has 110 valence electrons. The van der Waals surface area contributed by atoms with Crippen molar-refractivity contribution in [3.8, 4) is 0 Å². The largest absolute Gasteiger partial charge is 0.385 e. The Balaban J connectivity index is 1.63. The van der Waals surface area contributed by atoms with Crippen LogP contribution in [0.2, 0.25) is 0 Å². The number of nitrogens with one attached hydrogen (secondary N) is 1. The number of fused-ring (bicyclic) bond motifs is 1. The van der Waals surface area contributed by atoms with Crippen LogP contribution in [0.25, 0.3) is 0 Å². The molecule has 20 heavy (non-hydrogen) atoms. The highest BCUT2D eigenvalue weighted by Gasteiger charge is 2.25. The fourth-order valence-electron chi connectivity index (χ4n) is 3.74. The minimum atomic E-state index is 0.689. The van der Waals surface area contributed by atoms with Crippen LogP contribution in [0.5, 0.6) is 0 Å². The van der Waals surface area contributed by atoms with Crippen LogP contribution in [0.4, 0.5) is 5.69 Å². The van der Waals surface area contributed by atoms with Crippen LogP contribution in [0.3, 0.4) is 0 Å². The lowest BCUT2D eigenvalue weighted by Crippen LogP contribution is -2.40. The van der Waals surface area contributed by atoms with Crippen LogP contribution >= 0.6 is 0 Å². The van der Waals surface area contributed by atoms with E-state index in [0.29, 0.717) is 5.92 Å². The Hall–Kier alpha value is -1.06. The normalized spacial score (nSPS) is 26.9. The van der Waals surface area contributed by atoms with E-state index < -0.39 is 0 Å². The quantitative estimate of drug-likeness (QED) is 0.913. The van der Waals surface area contributed by atoms with Crippen molar-refractivity contribution >= 4 is 5.69 Å². The number of ether oxygens (including phenoxy) is 1. The molecule has 3 nitrogen and oxygen atoms in total. The summed E-state index contributed by atoms with van der Waals surface area (Å²) in [6, 6.07) is 8.81. The number of methoxy groups -OCH3 is 1. The van der Waals surface area contributed by atoms with Gasteiger partial charge in [0.2, 0.25) is 0 Å². The average molecular weight is 274 g/mol. The van der Waals surface area contributed by atoms with E-state index in [0.717, 1.165) is 19.1 Å². The number of hydrogen-bond donors (Lipinski definition) is 1. The highest BCUT2D eigenvalue weighted by Crippen LogP contribution is 2.32. The predicted molar refractivity (Wildman–Crippen MR) is 83.3 cm³/mol. The van der Waals surface area contributed by atoms with E-state index in [9.17, 15) is 0 Å². The zero-order chi connectivity index (χ0) is 13.8. The molecule has 2 heterocycles. The zero-order valence-electron chi connectivity index (χ0n) is 12.5. The van der Waals surface area contributed by atoms with Gasteiger partial charge < -0.3 is 15.0 Å². The third kappa shape index (κ3) is 3.15. The first-order chi connectivity index (χ1) is 9.86. The molecule has 0 saturated carbocycles. The molecule has 1 fully saturated rings. The molecule has 2 aliphatic rings. The van der Waals surface area contributed by atoms with Crippen LogP contribution in [0, 0.1) is 5.92 Å². The van der Waals surface area contributed by atoms with Crippen molar-refractivity contribution in [2.24, 2.45) is 5.92 Å². The fourth-order valence-corrected chi connectivity index (χ4v) is 3.74. The predicted octanol–water partition coefficient (Wildman–Crippen LogP) is 2.94. The molecule has 1 aromatic carbocycles. The number of para-hydroxylation sites is 1. The second-order valence-electron chi connectivity index (χ2n) is 6.22. The van der Waals surface area contributed by atoms with E-state index in [-0.39, 0.29) is 0 Å². The topological polar surface area (TPSA) is 24.5 Å². The number of nitrogens with zero attached hydrogens (tertiary/aromatic N) is 1. The van der Waals surface area contributed by atoms with Gasteiger partial charge in [-0.05, 0) is 43.4 Å². The Kier molecular flexibility index (Phi) is 4.58. The molecule has 0 aliphatic carbocycles. The first-order valence-electron chi connectivity index (χ1n) is 7.91. The summed E-state index contributed by atoms with van der Waals surface area (Å²) in [5.41, 5.74) is 2.85. The van der Waals surface area contributed by atoms with Gasteiger partial charge in [-0.25, -0.2) is 0 Å². The molecule has 3 rings (SSSR count). The number of piperidine rings is 1. The maximum atomic E-state index is 5.34. The standard InChI is InChI=1S/C17H26N2O/c1-20-13-14-5-4-10-19(11-14)12-15-8-9-18-17-7-3-2-6-16(15)17/h2-3,6-7,14-15,18H,4-5,8-13H2,1H3. The summed E-state index contributed by atoms with van der Waals surface area (Å²) in [5, 5.41) is 3.52. The Bertz CT molecular complexity index is 433. The number of likely N-dealkylation sites (tertiary alicyclic amines) is 1. The molecule has 0 amide bonds. The van der Waals surface area contributed by atoms with Gasteiger partial charge in [0.1, 0.15) is 0 Å². The number of benzene rings is 1. The second kappa shape index (κ2) is 6.59. The lowest BCUT2D eigenvalue weighted by Gasteiger charge is -2.36. The fraction of sp³-hybridized carbons (Fsp3) is 0.647. The van der Waals surface area contributed by atoms with Crippen LogP contribution in [0.15, 0.2) is 24.3 Å². The third-order valence-electron chi connectivity index (χ3n) is 4.69. The van der Waals surface area contributed by atoms with Gasteiger partial charge in [0.05, 0.1) is 6.61 Å². The third-order valence-corrected chi connectivity index (χ3v) is 4.69. The molecule has 2 unspecified atom stereocenters. The molecule has 2 aliphatic heterocycles. The van der Waals surface area contributed by atoms with Crippen LogP contribution < -0.4 is 5.32 Å². The van der Waals surface area contributed by atoms with E-state index in [2.05, 4.69) is 34.5 Å². The maximum absolute atomic E-state index is 5.34. The van der Waals surface area contributed by atoms with Crippen molar-refractivity contribution < 1.29 is 4.74 Å². The molecular formula is C17H26N2O. The highest BCUT2D eigenvalue weighted by atomic mass is 16.5. The van der Waals surface area contributed by atoms with Gasteiger partial charge in [0.25, 0.3) is 0 Å². The summed E-state index contributed by atoms with van der Waals surface area (Å²) in [7, 11) is 1.82. The van der Waals surface area contributed by atoms with Gasteiger partial charge in [-0.1, -0.05) is 18.2 Å². The van der Waals surface area contributed by atoms with E-state index in [1.165, 1.54) is 50.1 Å². The molecule has 3 heteroatoms. The molecular weight excluding hydrogens is 248 g/mol. The summed E-state index contributed by atoms with van der Waals surface area (Å²) in [6.45, 7) is 5.70. The van der Waals surface area contributed by atoms with Gasteiger partial charge in [-0.2, -0.15) is 0 Å². The van der Waals surface area contributed by atoms with Gasteiger partial charge in [-0.15, -0.1) is 0 Å². The van der Waals surface area contributed by atoms with Crippen molar-refractivity contribution in [3.05, 3.63) is 29.8 Å². The van der Waals surface area contributed by atoms with E-state index in [4.69, 9.17) is 4.74 Å². The van der Waals surface area contributed by atoms with Crippen molar-refractivity contribution in [1.82, 2.24) is 4.90 Å². The minimum Gasteiger partial charge on any atom is -0.385 e. The average Bonchev–Trinajstić information content (AvgIpc) is 2.48. The molecule has 0 radical (unpaired) electrons. The Labute approximate surface area is 122 Å². The van der Waals surface area contributed by atoms with Crippen LogP contribution in [-0.4, -0.2) is 44.8 Å². The Morgan fingerprint density at radius 2 is 2.20 bits per heavy atom. The van der Waals surface area contributed by atoms with Gasteiger partial charge >= 0.3 is 0 Å².